The quantitative estimate of drug-likeness (QED) is 0.767. The zero-order valence-electron chi connectivity index (χ0n) is 12.1. The Labute approximate surface area is 130 Å². The molecule has 0 fully saturated rings. The van der Waals surface area contributed by atoms with Crippen molar-refractivity contribution in [2.24, 2.45) is 5.73 Å². The van der Waals surface area contributed by atoms with Crippen LogP contribution in [0.1, 0.15) is 18.1 Å². The van der Waals surface area contributed by atoms with E-state index in [1.54, 1.807) is 0 Å². The van der Waals surface area contributed by atoms with Crippen molar-refractivity contribution in [3.8, 4) is 0 Å². The van der Waals surface area contributed by atoms with Gasteiger partial charge in [0, 0.05) is 29.3 Å². The third kappa shape index (κ3) is 3.12. The van der Waals surface area contributed by atoms with Gasteiger partial charge in [0.1, 0.15) is 0 Å². The number of fused-ring (bicyclic) bond motifs is 1. The lowest BCUT2D eigenvalue weighted by Crippen LogP contribution is -2.17. The van der Waals surface area contributed by atoms with E-state index in [2.05, 4.69) is 41.1 Å². The number of rotatable bonds is 4. The average molecular weight is 299 g/mol. The number of nitrogens with two attached hydrogens (primary N) is 1. The molecule has 0 spiro atoms. The van der Waals surface area contributed by atoms with E-state index in [4.69, 9.17) is 17.3 Å². The Kier molecular flexibility index (Phi) is 4.00. The van der Waals surface area contributed by atoms with Crippen LogP contribution in [0.4, 0.5) is 0 Å². The first-order chi connectivity index (χ1) is 10.1. The molecular weight excluding hydrogens is 280 g/mol. The van der Waals surface area contributed by atoms with Gasteiger partial charge in [-0.3, -0.25) is 0 Å². The number of hydrogen-bond donors (Lipinski definition) is 1. The third-order valence-electron chi connectivity index (χ3n) is 3.69. The molecule has 3 rings (SSSR count). The highest BCUT2D eigenvalue weighted by atomic mass is 35.5. The Hall–Kier alpha value is -1.77. The van der Waals surface area contributed by atoms with Crippen molar-refractivity contribution in [1.82, 2.24) is 4.57 Å². The van der Waals surface area contributed by atoms with Crippen molar-refractivity contribution in [1.29, 1.82) is 0 Å². The predicted molar refractivity (Wildman–Crippen MR) is 89.8 cm³/mol. The average Bonchev–Trinajstić information content (AvgIpc) is 2.83. The smallest absolute Gasteiger partial charge is 0.0490 e. The van der Waals surface area contributed by atoms with E-state index in [-0.39, 0.29) is 6.04 Å². The second-order valence-electron chi connectivity index (χ2n) is 5.61. The van der Waals surface area contributed by atoms with Crippen molar-refractivity contribution in [2.75, 3.05) is 0 Å². The summed E-state index contributed by atoms with van der Waals surface area (Å²) in [6, 6.07) is 16.9. The van der Waals surface area contributed by atoms with Crippen molar-refractivity contribution in [3.63, 3.8) is 0 Å². The lowest BCUT2D eigenvalue weighted by atomic mass is 10.1. The molecule has 3 aromatic rings. The topological polar surface area (TPSA) is 30.9 Å². The molecule has 0 radical (unpaired) electrons. The molecule has 1 atom stereocenters. The summed E-state index contributed by atoms with van der Waals surface area (Å²) in [5.41, 5.74) is 9.54. The molecule has 0 aliphatic heterocycles. The van der Waals surface area contributed by atoms with Crippen molar-refractivity contribution in [3.05, 3.63) is 70.9 Å². The van der Waals surface area contributed by atoms with Gasteiger partial charge in [-0.25, -0.2) is 0 Å². The molecule has 21 heavy (non-hydrogen) atoms. The highest BCUT2D eigenvalue weighted by Gasteiger charge is 2.06. The fourth-order valence-corrected chi connectivity index (χ4v) is 2.87. The maximum atomic E-state index is 6.26. The summed E-state index contributed by atoms with van der Waals surface area (Å²) < 4.78 is 2.24. The number of hydrogen-bond acceptors (Lipinski definition) is 1. The van der Waals surface area contributed by atoms with Crippen LogP contribution in [-0.2, 0) is 13.0 Å². The zero-order valence-corrected chi connectivity index (χ0v) is 12.8. The maximum Gasteiger partial charge on any atom is 0.0490 e. The van der Waals surface area contributed by atoms with Crippen LogP contribution in [0, 0.1) is 0 Å². The van der Waals surface area contributed by atoms with Gasteiger partial charge in [-0.15, -0.1) is 0 Å². The van der Waals surface area contributed by atoms with Crippen LogP contribution < -0.4 is 5.73 Å². The van der Waals surface area contributed by atoms with Crippen molar-refractivity contribution in [2.45, 2.75) is 25.9 Å². The minimum absolute atomic E-state index is 0.175. The summed E-state index contributed by atoms with van der Waals surface area (Å²) >= 11 is 6.26. The van der Waals surface area contributed by atoms with E-state index in [0.717, 1.165) is 23.6 Å². The van der Waals surface area contributed by atoms with Crippen LogP contribution in [0.25, 0.3) is 10.9 Å². The molecular formula is C18H19ClN2. The lowest BCUT2D eigenvalue weighted by Gasteiger charge is -2.10. The van der Waals surface area contributed by atoms with Crippen LogP contribution in [0.15, 0.2) is 54.7 Å². The van der Waals surface area contributed by atoms with E-state index >= 15 is 0 Å². The molecule has 108 valence electrons. The Morgan fingerprint density at radius 1 is 1.14 bits per heavy atom. The Morgan fingerprint density at radius 3 is 2.71 bits per heavy atom. The number of nitrogens with zero attached hydrogens (tertiary/aromatic N) is 1. The van der Waals surface area contributed by atoms with E-state index in [0.29, 0.717) is 0 Å². The summed E-state index contributed by atoms with van der Waals surface area (Å²) in [5, 5.41) is 2.06. The lowest BCUT2D eigenvalue weighted by molar-refractivity contribution is 0.738. The highest BCUT2D eigenvalue weighted by molar-refractivity contribution is 6.31. The van der Waals surface area contributed by atoms with Crippen LogP contribution in [0.3, 0.4) is 0 Å². The second kappa shape index (κ2) is 5.92. The van der Waals surface area contributed by atoms with Gasteiger partial charge >= 0.3 is 0 Å². The zero-order chi connectivity index (χ0) is 14.8. The highest BCUT2D eigenvalue weighted by Crippen LogP contribution is 2.22. The molecule has 0 saturated heterocycles. The van der Waals surface area contributed by atoms with Gasteiger partial charge in [0.05, 0.1) is 0 Å². The summed E-state index contributed by atoms with van der Waals surface area (Å²) in [4.78, 5) is 0. The molecule has 1 aromatic heterocycles. The normalized spacial score (nSPS) is 12.7. The minimum atomic E-state index is 0.175. The van der Waals surface area contributed by atoms with Crippen LogP contribution in [0.2, 0.25) is 5.02 Å². The summed E-state index contributed by atoms with van der Waals surface area (Å²) in [6.45, 7) is 2.82. The molecule has 0 amide bonds. The Balaban J connectivity index is 1.97. The van der Waals surface area contributed by atoms with Gasteiger partial charge in [-0.2, -0.15) is 0 Å². The molecule has 0 aliphatic rings. The number of benzene rings is 2. The summed E-state index contributed by atoms with van der Waals surface area (Å²) in [5.74, 6) is 0. The fraction of sp³-hybridized carbons (Fsp3) is 0.222. The largest absolute Gasteiger partial charge is 0.343 e. The van der Waals surface area contributed by atoms with E-state index in [1.807, 2.05) is 25.1 Å². The fourth-order valence-electron chi connectivity index (χ4n) is 2.68. The molecule has 0 aliphatic carbocycles. The molecule has 2 N–H and O–H groups in total. The first-order valence-electron chi connectivity index (χ1n) is 7.20. The van der Waals surface area contributed by atoms with Gasteiger partial charge in [0.15, 0.2) is 0 Å². The van der Waals surface area contributed by atoms with Gasteiger partial charge in [-0.1, -0.05) is 41.9 Å². The molecule has 1 unspecified atom stereocenters. The molecule has 1 heterocycles. The molecule has 3 heteroatoms. The SMILES string of the molecule is CC(N)Cc1ccc2ccn(Cc3ccccc3Cl)c2c1. The van der Waals surface area contributed by atoms with Crippen LogP contribution in [-0.4, -0.2) is 10.6 Å². The molecule has 2 aromatic carbocycles. The third-order valence-corrected chi connectivity index (χ3v) is 4.06. The summed E-state index contributed by atoms with van der Waals surface area (Å²) in [7, 11) is 0. The standard InChI is InChI=1S/C18H19ClN2/c1-13(20)10-14-6-7-15-8-9-21(18(15)11-14)12-16-4-2-3-5-17(16)19/h2-9,11,13H,10,12,20H2,1H3. The van der Waals surface area contributed by atoms with Crippen molar-refractivity contribution < 1.29 is 0 Å². The van der Waals surface area contributed by atoms with E-state index in [9.17, 15) is 0 Å². The monoisotopic (exact) mass is 298 g/mol. The van der Waals surface area contributed by atoms with Crippen molar-refractivity contribution >= 4 is 22.5 Å². The second-order valence-corrected chi connectivity index (χ2v) is 6.02. The Bertz CT molecular complexity index is 759. The van der Waals surface area contributed by atoms with Gasteiger partial charge < -0.3 is 10.3 Å². The maximum absolute atomic E-state index is 6.26. The number of aromatic nitrogens is 1. The van der Waals surface area contributed by atoms with Crippen LogP contribution >= 0.6 is 11.6 Å². The van der Waals surface area contributed by atoms with E-state index in [1.165, 1.54) is 16.5 Å². The van der Waals surface area contributed by atoms with Gasteiger partial charge in [-0.05, 0) is 48.1 Å². The molecule has 2 nitrogen and oxygen atoms in total. The predicted octanol–water partition coefficient (Wildman–Crippen LogP) is 4.23. The van der Waals surface area contributed by atoms with Gasteiger partial charge in [0.2, 0.25) is 0 Å². The number of halogens is 1. The first-order valence-corrected chi connectivity index (χ1v) is 7.58. The van der Waals surface area contributed by atoms with E-state index < -0.39 is 0 Å². The molecule has 0 bridgehead atoms. The van der Waals surface area contributed by atoms with Crippen LogP contribution in [0.5, 0.6) is 0 Å². The van der Waals surface area contributed by atoms with Gasteiger partial charge in [0.25, 0.3) is 0 Å². The summed E-state index contributed by atoms with van der Waals surface area (Å²) in [6.07, 6.45) is 3.01. The Morgan fingerprint density at radius 2 is 1.95 bits per heavy atom. The first kappa shape index (κ1) is 14.2. The molecule has 0 saturated carbocycles. The minimum Gasteiger partial charge on any atom is -0.343 e.